The van der Waals surface area contributed by atoms with E-state index in [1.54, 1.807) is 30.3 Å². The number of nitrogens with two attached hydrogens (primary N) is 1. The van der Waals surface area contributed by atoms with E-state index in [2.05, 4.69) is 10.6 Å². The number of nitrogens with one attached hydrogen (secondary N) is 2. The fraction of sp³-hybridized carbons (Fsp3) is 0.545. The van der Waals surface area contributed by atoms with Crippen LogP contribution in [0.1, 0.15) is 32.3 Å². The monoisotopic (exact) mass is 464 g/mol. The van der Waals surface area contributed by atoms with Gasteiger partial charge in [0.25, 0.3) is 0 Å². The number of carboxylic acids is 1. The highest BCUT2D eigenvalue weighted by molar-refractivity contribution is 5.94. The first-order valence-electron chi connectivity index (χ1n) is 10.8. The minimum Gasteiger partial charge on any atom is -0.480 e. The average Bonchev–Trinajstić information content (AvgIpc) is 3.26. The Morgan fingerprint density at radius 2 is 1.73 bits per heavy atom. The zero-order chi connectivity index (χ0) is 24.7. The SMILES string of the molecule is CC(O)C(N)C(=O)N1CCCC1C(=O)NC(C(=O)NC(Cc1ccccc1)C(=O)O)C(C)O. The zero-order valence-electron chi connectivity index (χ0n) is 18.7. The Kier molecular flexibility index (Phi) is 9.32. The van der Waals surface area contributed by atoms with E-state index in [-0.39, 0.29) is 13.0 Å². The van der Waals surface area contributed by atoms with Crippen molar-refractivity contribution in [1.29, 1.82) is 0 Å². The molecule has 1 saturated heterocycles. The number of carbonyl (C=O) groups is 4. The number of carbonyl (C=O) groups excluding carboxylic acids is 3. The van der Waals surface area contributed by atoms with E-state index >= 15 is 0 Å². The lowest BCUT2D eigenvalue weighted by Gasteiger charge is -2.30. The van der Waals surface area contributed by atoms with E-state index in [9.17, 15) is 34.5 Å². The topological polar surface area (TPSA) is 182 Å². The van der Waals surface area contributed by atoms with Gasteiger partial charge >= 0.3 is 5.97 Å². The molecule has 1 aromatic rings. The van der Waals surface area contributed by atoms with Crippen LogP contribution in [0.25, 0.3) is 0 Å². The minimum atomic E-state index is -1.43. The molecule has 1 fully saturated rings. The number of nitrogens with zero attached hydrogens (tertiary/aromatic N) is 1. The second-order valence-corrected chi connectivity index (χ2v) is 8.27. The standard InChI is InChI=1S/C22H32N4O7/c1-12(27)17(23)21(31)26-10-6-9-16(26)19(29)25-18(13(2)28)20(30)24-15(22(32)33)11-14-7-4-3-5-8-14/h3-5,7-8,12-13,15-18,27-28H,6,9-11,23H2,1-2H3,(H,24,30)(H,25,29)(H,32,33). The number of hydrogen-bond acceptors (Lipinski definition) is 7. The summed E-state index contributed by atoms with van der Waals surface area (Å²) in [4.78, 5) is 51.1. The highest BCUT2D eigenvalue weighted by atomic mass is 16.4. The smallest absolute Gasteiger partial charge is 0.326 e. The zero-order valence-corrected chi connectivity index (χ0v) is 18.7. The van der Waals surface area contributed by atoms with Crippen molar-refractivity contribution in [2.24, 2.45) is 5.73 Å². The third kappa shape index (κ3) is 6.98. The summed E-state index contributed by atoms with van der Waals surface area (Å²) in [7, 11) is 0. The van der Waals surface area contributed by atoms with Crippen LogP contribution in [0, 0.1) is 0 Å². The molecule has 0 spiro atoms. The summed E-state index contributed by atoms with van der Waals surface area (Å²) < 4.78 is 0. The number of rotatable bonds is 10. The third-order valence-corrected chi connectivity index (χ3v) is 5.60. The van der Waals surface area contributed by atoms with E-state index < -0.39 is 60.1 Å². The summed E-state index contributed by atoms with van der Waals surface area (Å²) in [5.41, 5.74) is 6.41. The average molecular weight is 465 g/mol. The molecule has 0 saturated carbocycles. The van der Waals surface area contributed by atoms with Crippen molar-refractivity contribution in [1.82, 2.24) is 15.5 Å². The lowest BCUT2D eigenvalue weighted by atomic mass is 10.0. The van der Waals surface area contributed by atoms with Crippen molar-refractivity contribution in [2.75, 3.05) is 6.54 Å². The Morgan fingerprint density at radius 1 is 1.09 bits per heavy atom. The van der Waals surface area contributed by atoms with Gasteiger partial charge in [0, 0.05) is 13.0 Å². The van der Waals surface area contributed by atoms with Gasteiger partial charge in [-0.25, -0.2) is 4.79 Å². The number of amides is 3. The Hall–Kier alpha value is -3.02. The number of aliphatic hydroxyl groups excluding tert-OH is 2. The Bertz CT molecular complexity index is 846. The van der Waals surface area contributed by atoms with Crippen LogP contribution in [0.15, 0.2) is 30.3 Å². The Balaban J connectivity index is 2.09. The molecule has 11 heteroatoms. The van der Waals surface area contributed by atoms with Gasteiger partial charge in [-0.05, 0) is 32.3 Å². The quantitative estimate of drug-likeness (QED) is 0.238. The van der Waals surface area contributed by atoms with Crippen molar-refractivity contribution in [3.8, 4) is 0 Å². The lowest BCUT2D eigenvalue weighted by molar-refractivity contribution is -0.144. The van der Waals surface area contributed by atoms with E-state index in [1.807, 2.05) is 0 Å². The fourth-order valence-corrected chi connectivity index (χ4v) is 3.67. The minimum absolute atomic E-state index is 0.0184. The highest BCUT2D eigenvalue weighted by Crippen LogP contribution is 2.19. The molecule has 0 aliphatic carbocycles. The predicted octanol–water partition coefficient (Wildman–Crippen LogP) is -1.64. The van der Waals surface area contributed by atoms with Crippen LogP contribution in [0.3, 0.4) is 0 Å². The van der Waals surface area contributed by atoms with Crippen LogP contribution in [0.5, 0.6) is 0 Å². The third-order valence-electron chi connectivity index (χ3n) is 5.60. The molecular formula is C22H32N4O7. The summed E-state index contributed by atoms with van der Waals surface area (Å²) >= 11 is 0. The molecule has 3 amide bonds. The summed E-state index contributed by atoms with van der Waals surface area (Å²) in [6.45, 7) is 2.93. The number of benzene rings is 1. The van der Waals surface area contributed by atoms with Gasteiger partial charge in [0.1, 0.15) is 24.2 Å². The number of aliphatic hydroxyl groups is 2. The van der Waals surface area contributed by atoms with E-state index in [0.29, 0.717) is 18.4 Å². The first-order valence-corrected chi connectivity index (χ1v) is 10.8. The van der Waals surface area contributed by atoms with E-state index in [0.717, 1.165) is 0 Å². The van der Waals surface area contributed by atoms with Crippen LogP contribution in [0.4, 0.5) is 0 Å². The molecule has 6 atom stereocenters. The van der Waals surface area contributed by atoms with Crippen LogP contribution in [-0.4, -0.2) is 86.8 Å². The molecule has 2 rings (SSSR count). The maximum Gasteiger partial charge on any atom is 0.326 e. The first-order chi connectivity index (χ1) is 15.5. The molecule has 6 unspecified atom stereocenters. The fourth-order valence-electron chi connectivity index (χ4n) is 3.67. The Morgan fingerprint density at radius 3 is 2.27 bits per heavy atom. The molecule has 0 bridgehead atoms. The number of aliphatic carboxylic acids is 1. The molecule has 1 aliphatic heterocycles. The maximum atomic E-state index is 12.9. The normalized spacial score (nSPS) is 20.3. The van der Waals surface area contributed by atoms with Gasteiger partial charge in [0.05, 0.1) is 12.2 Å². The number of carboxylic acid groups (broad SMARTS) is 1. The maximum absolute atomic E-state index is 12.9. The molecule has 0 aromatic heterocycles. The van der Waals surface area contributed by atoms with Gasteiger partial charge in [0.15, 0.2) is 0 Å². The number of hydrogen-bond donors (Lipinski definition) is 6. The summed E-state index contributed by atoms with van der Waals surface area (Å²) in [5, 5.41) is 34.0. The van der Waals surface area contributed by atoms with Crippen LogP contribution in [0.2, 0.25) is 0 Å². The molecule has 11 nitrogen and oxygen atoms in total. The van der Waals surface area contributed by atoms with Gasteiger partial charge in [-0.1, -0.05) is 30.3 Å². The van der Waals surface area contributed by atoms with Crippen LogP contribution < -0.4 is 16.4 Å². The van der Waals surface area contributed by atoms with Crippen molar-refractivity contribution in [3.63, 3.8) is 0 Å². The summed E-state index contributed by atoms with van der Waals surface area (Å²) in [5.74, 6) is -3.38. The largest absolute Gasteiger partial charge is 0.480 e. The van der Waals surface area contributed by atoms with Crippen LogP contribution in [-0.2, 0) is 25.6 Å². The second-order valence-electron chi connectivity index (χ2n) is 8.27. The summed E-state index contributed by atoms with van der Waals surface area (Å²) in [6.07, 6.45) is -1.56. The Labute approximate surface area is 191 Å². The van der Waals surface area contributed by atoms with Crippen LogP contribution >= 0.6 is 0 Å². The summed E-state index contributed by atoms with van der Waals surface area (Å²) in [6, 6.07) is 3.89. The molecule has 0 radical (unpaired) electrons. The van der Waals surface area contributed by atoms with Crippen molar-refractivity contribution in [3.05, 3.63) is 35.9 Å². The predicted molar refractivity (Wildman–Crippen MR) is 118 cm³/mol. The molecular weight excluding hydrogens is 432 g/mol. The molecule has 1 aromatic carbocycles. The number of likely N-dealkylation sites (tertiary alicyclic amines) is 1. The van der Waals surface area contributed by atoms with Gasteiger partial charge in [-0.15, -0.1) is 0 Å². The van der Waals surface area contributed by atoms with E-state index in [4.69, 9.17) is 5.73 Å². The van der Waals surface area contributed by atoms with Gasteiger partial charge in [-0.3, -0.25) is 14.4 Å². The van der Waals surface area contributed by atoms with Gasteiger partial charge < -0.3 is 36.6 Å². The molecule has 33 heavy (non-hydrogen) atoms. The second kappa shape index (κ2) is 11.7. The molecule has 182 valence electrons. The van der Waals surface area contributed by atoms with E-state index in [1.165, 1.54) is 18.7 Å². The van der Waals surface area contributed by atoms with Crippen molar-refractivity contribution >= 4 is 23.7 Å². The lowest BCUT2D eigenvalue weighted by Crippen LogP contribution is -2.60. The van der Waals surface area contributed by atoms with Crippen molar-refractivity contribution in [2.45, 2.75) is 69.5 Å². The molecule has 7 N–H and O–H groups in total. The van der Waals surface area contributed by atoms with Gasteiger partial charge in [0.2, 0.25) is 17.7 Å². The molecule has 1 aliphatic rings. The molecule has 1 heterocycles. The highest BCUT2D eigenvalue weighted by Gasteiger charge is 2.39. The van der Waals surface area contributed by atoms with Gasteiger partial charge in [-0.2, -0.15) is 0 Å². The first kappa shape index (κ1) is 26.2. The van der Waals surface area contributed by atoms with Crippen molar-refractivity contribution < 1.29 is 34.5 Å².